The Balaban J connectivity index is 1.76. The van der Waals surface area contributed by atoms with Gasteiger partial charge in [-0.15, -0.1) is 0 Å². The van der Waals surface area contributed by atoms with Crippen molar-refractivity contribution in [2.75, 3.05) is 19.6 Å². The highest BCUT2D eigenvalue weighted by atomic mass is 16.3. The van der Waals surface area contributed by atoms with Gasteiger partial charge >= 0.3 is 0 Å². The molecule has 1 aromatic carbocycles. The summed E-state index contributed by atoms with van der Waals surface area (Å²) in [6.07, 6.45) is -0.875. The number of aromatic amines is 1. The second kappa shape index (κ2) is 5.96. The number of carbonyl (C=O) groups excluding carboxylic acids is 1. The van der Waals surface area contributed by atoms with E-state index < -0.39 is 11.7 Å². The maximum atomic E-state index is 11.1. The molecule has 0 bridgehead atoms. The molecule has 1 aliphatic rings. The molecule has 4 N–H and O–H groups in total. The first-order chi connectivity index (χ1) is 10.9. The lowest BCUT2D eigenvalue weighted by Gasteiger charge is -2.26. The van der Waals surface area contributed by atoms with Gasteiger partial charge < -0.3 is 20.5 Å². The molecule has 124 valence electrons. The molecule has 1 fully saturated rings. The standard InChI is InChI=1S/C17H23N3O3/c1-11-14(13-5-3-4-6-15(13)19-11)7-20-8-16(22)17(23,10-20)9-18-12(2)21/h3-6,16,19,22-23H,7-10H2,1-2H3,(H,18,21)/t16-,17+/m1/s1. The summed E-state index contributed by atoms with van der Waals surface area (Å²) < 4.78 is 0. The third-order valence-corrected chi connectivity index (χ3v) is 4.60. The maximum Gasteiger partial charge on any atom is 0.216 e. The molecule has 3 rings (SSSR count). The number of aryl methyl sites for hydroxylation is 1. The van der Waals surface area contributed by atoms with Crippen molar-refractivity contribution in [1.29, 1.82) is 0 Å². The Bertz CT molecular complexity index is 727. The van der Waals surface area contributed by atoms with Crippen molar-refractivity contribution >= 4 is 16.8 Å². The average Bonchev–Trinajstić information content (AvgIpc) is 2.96. The Morgan fingerprint density at radius 3 is 2.96 bits per heavy atom. The van der Waals surface area contributed by atoms with Gasteiger partial charge in [0.1, 0.15) is 5.60 Å². The summed E-state index contributed by atoms with van der Waals surface area (Å²) in [4.78, 5) is 16.4. The molecule has 0 aliphatic carbocycles. The van der Waals surface area contributed by atoms with Crippen LogP contribution < -0.4 is 5.32 Å². The van der Waals surface area contributed by atoms with E-state index in [-0.39, 0.29) is 12.5 Å². The summed E-state index contributed by atoms with van der Waals surface area (Å²) >= 11 is 0. The van der Waals surface area contributed by atoms with Gasteiger partial charge in [-0.1, -0.05) is 18.2 Å². The Kier molecular flexibility index (Phi) is 4.14. The van der Waals surface area contributed by atoms with Crippen LogP contribution in [0.2, 0.25) is 0 Å². The zero-order valence-corrected chi connectivity index (χ0v) is 13.5. The number of aromatic nitrogens is 1. The predicted molar refractivity (Wildman–Crippen MR) is 88.0 cm³/mol. The molecule has 0 spiro atoms. The number of nitrogens with zero attached hydrogens (tertiary/aromatic N) is 1. The van der Waals surface area contributed by atoms with Crippen LogP contribution in [0.25, 0.3) is 10.9 Å². The van der Waals surface area contributed by atoms with Crippen molar-refractivity contribution < 1.29 is 15.0 Å². The van der Waals surface area contributed by atoms with Gasteiger partial charge in [0.25, 0.3) is 0 Å². The van der Waals surface area contributed by atoms with Crippen LogP contribution in [-0.4, -0.2) is 57.3 Å². The minimum atomic E-state index is -1.30. The Morgan fingerprint density at radius 2 is 2.22 bits per heavy atom. The maximum absolute atomic E-state index is 11.1. The number of carbonyl (C=O) groups is 1. The third kappa shape index (κ3) is 3.10. The molecule has 0 unspecified atom stereocenters. The van der Waals surface area contributed by atoms with E-state index in [1.165, 1.54) is 12.5 Å². The lowest BCUT2D eigenvalue weighted by Crippen LogP contribution is -2.50. The third-order valence-electron chi connectivity index (χ3n) is 4.60. The Morgan fingerprint density at radius 1 is 1.48 bits per heavy atom. The van der Waals surface area contributed by atoms with E-state index in [2.05, 4.69) is 16.4 Å². The van der Waals surface area contributed by atoms with E-state index in [0.29, 0.717) is 19.6 Å². The number of hydrogen-bond acceptors (Lipinski definition) is 4. The lowest BCUT2D eigenvalue weighted by molar-refractivity contribution is -0.121. The van der Waals surface area contributed by atoms with Crippen molar-refractivity contribution in [1.82, 2.24) is 15.2 Å². The van der Waals surface area contributed by atoms with Gasteiger partial charge in [-0.05, 0) is 18.6 Å². The molecular weight excluding hydrogens is 294 g/mol. The van der Waals surface area contributed by atoms with Crippen LogP contribution in [0.15, 0.2) is 24.3 Å². The van der Waals surface area contributed by atoms with Crippen LogP contribution >= 0.6 is 0 Å². The molecule has 23 heavy (non-hydrogen) atoms. The lowest BCUT2D eigenvalue weighted by atomic mass is 10.0. The van der Waals surface area contributed by atoms with Crippen molar-refractivity contribution in [3.05, 3.63) is 35.5 Å². The number of aliphatic hydroxyl groups excluding tert-OH is 1. The van der Waals surface area contributed by atoms with Gasteiger partial charge in [-0.2, -0.15) is 0 Å². The highest BCUT2D eigenvalue weighted by molar-refractivity contribution is 5.84. The highest BCUT2D eigenvalue weighted by Gasteiger charge is 2.44. The minimum Gasteiger partial charge on any atom is -0.389 e. The van der Waals surface area contributed by atoms with Gasteiger partial charge in [0.15, 0.2) is 0 Å². The topological polar surface area (TPSA) is 88.6 Å². The van der Waals surface area contributed by atoms with E-state index in [0.717, 1.165) is 16.6 Å². The van der Waals surface area contributed by atoms with Crippen LogP contribution in [-0.2, 0) is 11.3 Å². The quantitative estimate of drug-likeness (QED) is 0.662. The van der Waals surface area contributed by atoms with E-state index in [1.807, 2.05) is 30.0 Å². The number of para-hydroxylation sites is 1. The first kappa shape index (κ1) is 16.0. The summed E-state index contributed by atoms with van der Waals surface area (Å²) in [6.45, 7) is 4.85. The van der Waals surface area contributed by atoms with Gasteiger partial charge in [0.05, 0.1) is 12.6 Å². The number of aliphatic hydroxyl groups is 2. The zero-order valence-electron chi connectivity index (χ0n) is 13.5. The largest absolute Gasteiger partial charge is 0.389 e. The van der Waals surface area contributed by atoms with Crippen molar-refractivity contribution in [2.24, 2.45) is 0 Å². The molecule has 1 aliphatic heterocycles. The molecule has 2 heterocycles. The summed E-state index contributed by atoms with van der Waals surface area (Å²) in [5.74, 6) is -0.212. The van der Waals surface area contributed by atoms with E-state index in [1.54, 1.807) is 0 Å². The van der Waals surface area contributed by atoms with Gasteiger partial charge in [-0.25, -0.2) is 0 Å². The molecule has 6 nitrogen and oxygen atoms in total. The second-order valence-electron chi connectivity index (χ2n) is 6.47. The van der Waals surface area contributed by atoms with Crippen LogP contribution in [0.4, 0.5) is 0 Å². The number of H-pyrrole nitrogens is 1. The second-order valence-corrected chi connectivity index (χ2v) is 6.47. The van der Waals surface area contributed by atoms with E-state index in [9.17, 15) is 15.0 Å². The van der Waals surface area contributed by atoms with Gasteiger partial charge in [0.2, 0.25) is 5.91 Å². The van der Waals surface area contributed by atoms with Crippen molar-refractivity contribution in [2.45, 2.75) is 32.1 Å². The van der Waals surface area contributed by atoms with Crippen molar-refractivity contribution in [3.8, 4) is 0 Å². The smallest absolute Gasteiger partial charge is 0.216 e. The number of nitrogens with one attached hydrogen (secondary N) is 2. The molecule has 1 amide bonds. The van der Waals surface area contributed by atoms with Crippen LogP contribution in [0.3, 0.4) is 0 Å². The molecule has 2 atom stereocenters. The number of rotatable bonds is 4. The van der Waals surface area contributed by atoms with E-state index >= 15 is 0 Å². The first-order valence-electron chi connectivity index (χ1n) is 7.82. The fraction of sp³-hybridized carbons (Fsp3) is 0.471. The number of amides is 1. The monoisotopic (exact) mass is 317 g/mol. The van der Waals surface area contributed by atoms with Crippen molar-refractivity contribution in [3.63, 3.8) is 0 Å². The minimum absolute atomic E-state index is 0.0624. The SMILES string of the molecule is CC(=O)NC[C@]1(O)CN(Cc2c(C)[nH]c3ccccc23)C[C@H]1O. The van der Waals surface area contributed by atoms with E-state index in [4.69, 9.17) is 0 Å². The summed E-state index contributed by atoms with van der Waals surface area (Å²) in [6, 6.07) is 8.11. The molecule has 2 aromatic rings. The fourth-order valence-electron chi connectivity index (χ4n) is 3.31. The normalized spacial score (nSPS) is 25.1. The number of likely N-dealkylation sites (tertiary alicyclic amines) is 1. The molecule has 1 saturated heterocycles. The fourth-order valence-corrected chi connectivity index (χ4v) is 3.31. The van der Waals surface area contributed by atoms with Crippen LogP contribution in [0.1, 0.15) is 18.2 Å². The van der Waals surface area contributed by atoms with Gasteiger partial charge in [0, 0.05) is 43.2 Å². The zero-order chi connectivity index (χ0) is 16.6. The number of benzene rings is 1. The number of hydrogen-bond donors (Lipinski definition) is 4. The summed E-state index contributed by atoms with van der Waals surface area (Å²) in [5, 5.41) is 24.5. The Hall–Kier alpha value is -1.89. The van der Waals surface area contributed by atoms with Crippen LogP contribution in [0, 0.1) is 6.92 Å². The summed E-state index contributed by atoms with van der Waals surface area (Å²) in [5.41, 5.74) is 2.06. The molecule has 0 radical (unpaired) electrons. The average molecular weight is 317 g/mol. The molecule has 1 aromatic heterocycles. The molecule has 0 saturated carbocycles. The molecular formula is C17H23N3O3. The highest BCUT2D eigenvalue weighted by Crippen LogP contribution is 2.27. The number of β-amino-alcohol motifs (C(OH)–C–C–N with tert-alkyl or cyclic N) is 2. The van der Waals surface area contributed by atoms with Gasteiger partial charge in [-0.3, -0.25) is 9.69 Å². The Labute approximate surface area is 135 Å². The van der Waals surface area contributed by atoms with Crippen LogP contribution in [0.5, 0.6) is 0 Å². The molecule has 6 heteroatoms. The summed E-state index contributed by atoms with van der Waals surface area (Å²) in [7, 11) is 0. The number of fused-ring (bicyclic) bond motifs is 1. The predicted octanol–water partition coefficient (Wildman–Crippen LogP) is 0.520. The first-order valence-corrected chi connectivity index (χ1v) is 7.82.